The van der Waals surface area contributed by atoms with Crippen molar-refractivity contribution in [2.45, 2.75) is 6.42 Å². The van der Waals surface area contributed by atoms with Crippen molar-refractivity contribution in [3.63, 3.8) is 0 Å². The third kappa shape index (κ3) is 2.28. The summed E-state index contributed by atoms with van der Waals surface area (Å²) in [5, 5.41) is 1.99. The third-order valence-electron chi connectivity index (χ3n) is 1.24. The number of carbonyl (C=O) groups excluding carboxylic acids is 3. The van der Waals surface area contributed by atoms with Crippen molar-refractivity contribution in [1.29, 1.82) is 0 Å². The van der Waals surface area contributed by atoms with E-state index in [1.54, 1.807) is 0 Å². The number of rotatable bonds is 0. The van der Waals surface area contributed by atoms with E-state index < -0.39 is 17.8 Å². The molecule has 1 aliphatic rings. The minimum absolute atomic E-state index is 0. The van der Waals surface area contributed by atoms with E-state index in [0.29, 0.717) is 0 Å². The van der Waals surface area contributed by atoms with E-state index in [-0.39, 0.29) is 36.0 Å². The Kier molecular flexibility index (Phi) is 3.71. The average Bonchev–Trinajstić information content (AvgIpc) is 1.82. The molecular formula is C5H7N2NaO3. The summed E-state index contributed by atoms with van der Waals surface area (Å²) >= 11 is 0. The Morgan fingerprint density at radius 2 is 1.91 bits per heavy atom. The van der Waals surface area contributed by atoms with Crippen molar-refractivity contribution < 1.29 is 14.4 Å². The standard InChI is InChI=1S/C5H6N2O3.Na.H/c1-7-4(9)2-3(8)6-5(7)10;;/h2H2,1H3,(H,6,8,10);;. The summed E-state index contributed by atoms with van der Waals surface area (Å²) in [5.41, 5.74) is 0. The quantitative estimate of drug-likeness (QED) is 0.349. The molecule has 4 amide bonds. The van der Waals surface area contributed by atoms with Gasteiger partial charge in [-0.15, -0.1) is 0 Å². The Bertz CT molecular complexity index is 196. The summed E-state index contributed by atoms with van der Waals surface area (Å²) < 4.78 is 0. The zero-order chi connectivity index (χ0) is 7.72. The molecule has 11 heavy (non-hydrogen) atoms. The van der Waals surface area contributed by atoms with Crippen molar-refractivity contribution in [2.24, 2.45) is 0 Å². The molecule has 0 unspecified atom stereocenters. The molecule has 5 nitrogen and oxygen atoms in total. The van der Waals surface area contributed by atoms with Gasteiger partial charge in [0.25, 0.3) is 0 Å². The first-order valence-corrected chi connectivity index (χ1v) is 2.71. The fourth-order valence-electron chi connectivity index (χ4n) is 0.617. The fourth-order valence-corrected chi connectivity index (χ4v) is 0.617. The maximum absolute atomic E-state index is 10.7. The summed E-state index contributed by atoms with van der Waals surface area (Å²) in [5.74, 6) is -0.998. The van der Waals surface area contributed by atoms with E-state index in [0.717, 1.165) is 4.90 Å². The predicted molar refractivity (Wildman–Crippen MR) is 38.1 cm³/mol. The van der Waals surface area contributed by atoms with Crippen LogP contribution in [0.5, 0.6) is 0 Å². The van der Waals surface area contributed by atoms with Crippen molar-refractivity contribution in [1.82, 2.24) is 10.2 Å². The first-order valence-electron chi connectivity index (χ1n) is 2.71. The number of barbiturate groups is 1. The van der Waals surface area contributed by atoms with Gasteiger partial charge in [-0.05, 0) is 0 Å². The van der Waals surface area contributed by atoms with Crippen molar-refractivity contribution in [3.8, 4) is 0 Å². The first kappa shape index (κ1) is 10.6. The Morgan fingerprint density at radius 1 is 1.36 bits per heavy atom. The molecule has 0 atom stereocenters. The molecule has 6 heteroatoms. The summed E-state index contributed by atoms with van der Waals surface area (Å²) in [6.07, 6.45) is -0.234. The van der Waals surface area contributed by atoms with Crippen molar-refractivity contribution >= 4 is 47.4 Å². The van der Waals surface area contributed by atoms with E-state index in [9.17, 15) is 14.4 Å². The zero-order valence-corrected chi connectivity index (χ0v) is 5.38. The monoisotopic (exact) mass is 166 g/mol. The van der Waals surface area contributed by atoms with E-state index in [1.165, 1.54) is 7.05 Å². The van der Waals surface area contributed by atoms with E-state index >= 15 is 0 Å². The molecule has 1 aliphatic heterocycles. The molecule has 0 bridgehead atoms. The van der Waals surface area contributed by atoms with E-state index in [2.05, 4.69) is 0 Å². The number of imide groups is 2. The van der Waals surface area contributed by atoms with Gasteiger partial charge >= 0.3 is 35.6 Å². The first-order chi connectivity index (χ1) is 4.61. The molecule has 1 rings (SSSR count). The molecule has 1 fully saturated rings. The predicted octanol–water partition coefficient (Wildman–Crippen LogP) is -1.56. The van der Waals surface area contributed by atoms with E-state index in [1.807, 2.05) is 5.32 Å². The van der Waals surface area contributed by atoms with Crippen LogP contribution >= 0.6 is 0 Å². The van der Waals surface area contributed by atoms with Crippen molar-refractivity contribution in [2.75, 3.05) is 7.05 Å². The van der Waals surface area contributed by atoms with Gasteiger partial charge in [-0.2, -0.15) is 0 Å². The molecule has 0 aromatic heterocycles. The molecule has 1 heterocycles. The van der Waals surface area contributed by atoms with Crippen molar-refractivity contribution in [3.05, 3.63) is 0 Å². The fraction of sp³-hybridized carbons (Fsp3) is 0.400. The second-order valence-corrected chi connectivity index (χ2v) is 1.98. The molecule has 1 N–H and O–H groups in total. The van der Waals surface area contributed by atoms with Crippen LogP contribution in [0.25, 0.3) is 0 Å². The summed E-state index contributed by atoms with van der Waals surface area (Å²) in [6, 6.07) is -0.652. The van der Waals surface area contributed by atoms with Gasteiger partial charge in [0.15, 0.2) is 0 Å². The van der Waals surface area contributed by atoms with Gasteiger partial charge in [0, 0.05) is 7.05 Å². The molecule has 0 aromatic rings. The van der Waals surface area contributed by atoms with Gasteiger partial charge in [-0.25, -0.2) is 4.79 Å². The third-order valence-corrected chi connectivity index (χ3v) is 1.24. The number of hydrogen-bond donors (Lipinski definition) is 1. The number of nitrogens with one attached hydrogen (secondary N) is 1. The van der Waals surface area contributed by atoms with Gasteiger partial charge in [0.05, 0.1) is 0 Å². The van der Waals surface area contributed by atoms with E-state index in [4.69, 9.17) is 0 Å². The molecule has 0 aromatic carbocycles. The topological polar surface area (TPSA) is 66.5 Å². The number of carbonyl (C=O) groups is 3. The van der Waals surface area contributed by atoms with Crippen LogP contribution in [0.15, 0.2) is 0 Å². The molecule has 0 radical (unpaired) electrons. The molecule has 0 saturated carbocycles. The van der Waals surface area contributed by atoms with Crippen LogP contribution in [0, 0.1) is 0 Å². The Morgan fingerprint density at radius 3 is 2.36 bits per heavy atom. The molecule has 0 aliphatic carbocycles. The second kappa shape index (κ2) is 3.85. The van der Waals surface area contributed by atoms with Crippen LogP contribution in [0.2, 0.25) is 0 Å². The average molecular weight is 166 g/mol. The normalized spacial score (nSPS) is 17.5. The Hall–Kier alpha value is -0.390. The van der Waals surface area contributed by atoms with Gasteiger partial charge in [0.2, 0.25) is 11.8 Å². The molecule has 1 saturated heterocycles. The van der Waals surface area contributed by atoms with Crippen LogP contribution in [0.4, 0.5) is 4.79 Å². The number of urea groups is 1. The van der Waals surface area contributed by atoms with Gasteiger partial charge in [0.1, 0.15) is 6.42 Å². The molecule has 0 spiro atoms. The summed E-state index contributed by atoms with van der Waals surface area (Å²) in [7, 11) is 1.32. The summed E-state index contributed by atoms with van der Waals surface area (Å²) in [6.45, 7) is 0. The van der Waals surface area contributed by atoms with Crippen LogP contribution in [0.3, 0.4) is 0 Å². The number of hydrogen-bond acceptors (Lipinski definition) is 3. The minimum atomic E-state index is -0.652. The van der Waals surface area contributed by atoms with Gasteiger partial charge in [-0.3, -0.25) is 19.8 Å². The van der Waals surface area contributed by atoms with Crippen LogP contribution < -0.4 is 5.32 Å². The zero-order valence-electron chi connectivity index (χ0n) is 5.38. The van der Waals surface area contributed by atoms with Crippen LogP contribution in [-0.2, 0) is 9.59 Å². The Balaban J connectivity index is 0.000001000. The maximum atomic E-state index is 10.7. The van der Waals surface area contributed by atoms with Gasteiger partial charge < -0.3 is 0 Å². The number of amides is 4. The van der Waals surface area contributed by atoms with Crippen LogP contribution in [0.1, 0.15) is 6.42 Å². The number of nitrogens with zero attached hydrogens (tertiary/aromatic N) is 1. The van der Waals surface area contributed by atoms with Crippen LogP contribution in [-0.4, -0.2) is 59.4 Å². The summed E-state index contributed by atoms with van der Waals surface area (Å²) in [4.78, 5) is 32.6. The van der Waals surface area contributed by atoms with Gasteiger partial charge in [-0.1, -0.05) is 0 Å². The SMILES string of the molecule is CN1C(=O)CC(=O)NC1=O.[NaH]. The molecular weight excluding hydrogens is 159 g/mol. The molecule has 56 valence electrons. The second-order valence-electron chi connectivity index (χ2n) is 1.98. The Labute approximate surface area is 85.4 Å².